The minimum atomic E-state index is -0.0451. The molecule has 0 amide bonds. The van der Waals surface area contributed by atoms with Crippen LogP contribution in [0.25, 0.3) is 0 Å². The van der Waals surface area contributed by atoms with Crippen molar-refractivity contribution in [3.05, 3.63) is 95.1 Å². The van der Waals surface area contributed by atoms with Crippen LogP contribution < -0.4 is 0 Å². The molecule has 2 aromatic carbocycles. The minimum absolute atomic E-state index is 0.0451. The summed E-state index contributed by atoms with van der Waals surface area (Å²) in [7, 11) is 0. The van der Waals surface area contributed by atoms with Crippen LogP contribution in [-0.4, -0.2) is 0 Å². The predicted octanol–water partition coefficient (Wildman–Crippen LogP) is 6.05. The fourth-order valence-electron chi connectivity index (χ4n) is 3.64. The molecule has 0 saturated carbocycles. The first-order chi connectivity index (χ1) is 10.8. The lowest BCUT2D eigenvalue weighted by atomic mass is 9.69. The van der Waals surface area contributed by atoms with E-state index < -0.39 is 0 Å². The van der Waals surface area contributed by atoms with Crippen molar-refractivity contribution in [2.24, 2.45) is 0 Å². The van der Waals surface area contributed by atoms with Crippen molar-refractivity contribution >= 4 is 0 Å². The predicted molar refractivity (Wildman–Crippen MR) is 95.0 cm³/mol. The summed E-state index contributed by atoms with van der Waals surface area (Å²) in [6.07, 6.45) is 8.09. The number of rotatable bonds is 5. The second-order valence-electron chi connectivity index (χ2n) is 6.22. The quantitative estimate of drug-likeness (QED) is 0.628. The fourth-order valence-corrected chi connectivity index (χ4v) is 3.64. The first-order valence-electron chi connectivity index (χ1n) is 8.27. The Labute approximate surface area is 134 Å². The Bertz CT molecular complexity index is 635. The van der Waals surface area contributed by atoms with Crippen molar-refractivity contribution in [3.8, 4) is 0 Å². The molecular weight excluding hydrogens is 264 g/mol. The highest BCUT2D eigenvalue weighted by atomic mass is 14.4. The third-order valence-corrected chi connectivity index (χ3v) is 4.85. The molecule has 112 valence electrons. The molecule has 0 N–H and O–H groups in total. The molecule has 0 spiro atoms. The van der Waals surface area contributed by atoms with Crippen molar-refractivity contribution in [2.45, 2.75) is 38.5 Å². The molecule has 0 saturated heterocycles. The van der Waals surface area contributed by atoms with Crippen LogP contribution in [0.3, 0.4) is 0 Å². The highest BCUT2D eigenvalue weighted by Gasteiger charge is 2.34. The molecule has 0 unspecified atom stereocenters. The summed E-state index contributed by atoms with van der Waals surface area (Å²) >= 11 is 0. The highest BCUT2D eigenvalue weighted by molar-refractivity contribution is 5.53. The van der Waals surface area contributed by atoms with Gasteiger partial charge in [0.1, 0.15) is 0 Å². The van der Waals surface area contributed by atoms with Crippen molar-refractivity contribution in [1.82, 2.24) is 0 Å². The molecule has 0 radical (unpaired) electrons. The summed E-state index contributed by atoms with van der Waals surface area (Å²) in [6, 6.07) is 21.9. The maximum Gasteiger partial charge on any atom is 0.0391 e. The average Bonchev–Trinajstić information content (AvgIpc) is 3.05. The van der Waals surface area contributed by atoms with Gasteiger partial charge in [0.15, 0.2) is 0 Å². The van der Waals surface area contributed by atoms with Gasteiger partial charge in [-0.25, -0.2) is 0 Å². The van der Waals surface area contributed by atoms with Crippen LogP contribution in [0.2, 0.25) is 0 Å². The van der Waals surface area contributed by atoms with Gasteiger partial charge in [-0.05, 0) is 42.0 Å². The van der Waals surface area contributed by atoms with E-state index in [1.54, 1.807) is 5.57 Å². The summed E-state index contributed by atoms with van der Waals surface area (Å²) in [4.78, 5) is 0. The summed E-state index contributed by atoms with van der Waals surface area (Å²) in [6.45, 7) is 4.65. The molecule has 0 heteroatoms. The van der Waals surface area contributed by atoms with Crippen molar-refractivity contribution in [1.29, 1.82) is 0 Å². The van der Waals surface area contributed by atoms with Crippen molar-refractivity contribution in [3.63, 3.8) is 0 Å². The van der Waals surface area contributed by atoms with E-state index in [2.05, 4.69) is 86.7 Å². The molecule has 0 aliphatic heterocycles. The Kier molecular flexibility index (Phi) is 4.29. The second-order valence-corrected chi connectivity index (χ2v) is 6.22. The standard InChI is InChI=1S/C22H24/c1-3-11-18-12-10-17-21(18)22(2,19-13-6-4-7-14-19)20-15-8-5-9-16-20/h4-10,12-16H,3,11,17H2,1-2H3. The topological polar surface area (TPSA) is 0 Å². The van der Waals surface area contributed by atoms with Gasteiger partial charge >= 0.3 is 0 Å². The van der Waals surface area contributed by atoms with E-state index in [1.807, 2.05) is 0 Å². The van der Waals surface area contributed by atoms with Gasteiger partial charge in [0, 0.05) is 5.41 Å². The molecule has 1 aliphatic rings. The van der Waals surface area contributed by atoms with E-state index in [4.69, 9.17) is 0 Å². The maximum absolute atomic E-state index is 2.38. The maximum atomic E-state index is 2.38. The monoisotopic (exact) mass is 288 g/mol. The summed E-state index contributed by atoms with van der Waals surface area (Å²) in [5.41, 5.74) is 5.81. The third-order valence-electron chi connectivity index (χ3n) is 4.85. The zero-order valence-electron chi connectivity index (χ0n) is 13.5. The van der Waals surface area contributed by atoms with Crippen LogP contribution in [0.1, 0.15) is 44.2 Å². The van der Waals surface area contributed by atoms with Gasteiger partial charge in [-0.3, -0.25) is 0 Å². The average molecular weight is 288 g/mol. The smallest absolute Gasteiger partial charge is 0.0391 e. The van der Waals surface area contributed by atoms with E-state index in [9.17, 15) is 0 Å². The van der Waals surface area contributed by atoms with Gasteiger partial charge in [-0.15, -0.1) is 0 Å². The van der Waals surface area contributed by atoms with Crippen LogP contribution in [0.15, 0.2) is 84.0 Å². The van der Waals surface area contributed by atoms with Gasteiger partial charge < -0.3 is 0 Å². The van der Waals surface area contributed by atoms with Gasteiger partial charge in [-0.2, -0.15) is 0 Å². The van der Waals surface area contributed by atoms with Crippen LogP contribution in [0, 0.1) is 0 Å². The van der Waals surface area contributed by atoms with Crippen LogP contribution in [0.4, 0.5) is 0 Å². The van der Waals surface area contributed by atoms with E-state index in [1.165, 1.54) is 29.5 Å². The molecule has 3 rings (SSSR count). The SMILES string of the molecule is CCCC1=C(C(C)(c2ccccc2)c2ccccc2)CC=C1. The highest BCUT2D eigenvalue weighted by Crippen LogP contribution is 2.44. The fraction of sp³-hybridized carbons (Fsp3) is 0.273. The van der Waals surface area contributed by atoms with Gasteiger partial charge in [-0.1, -0.05) is 86.2 Å². The molecule has 0 nitrogen and oxygen atoms in total. The lowest BCUT2D eigenvalue weighted by Gasteiger charge is -2.34. The number of hydrogen-bond acceptors (Lipinski definition) is 0. The summed E-state index contributed by atoms with van der Waals surface area (Å²) in [5.74, 6) is 0. The zero-order valence-corrected chi connectivity index (χ0v) is 13.5. The molecule has 2 aromatic rings. The summed E-state index contributed by atoms with van der Waals surface area (Å²) < 4.78 is 0. The Morgan fingerprint density at radius 1 is 0.864 bits per heavy atom. The Morgan fingerprint density at radius 3 is 1.91 bits per heavy atom. The number of allylic oxidation sites excluding steroid dienone is 4. The minimum Gasteiger partial charge on any atom is -0.0801 e. The van der Waals surface area contributed by atoms with E-state index >= 15 is 0 Å². The van der Waals surface area contributed by atoms with Gasteiger partial charge in [0.05, 0.1) is 0 Å². The van der Waals surface area contributed by atoms with Crippen molar-refractivity contribution < 1.29 is 0 Å². The molecule has 0 atom stereocenters. The number of benzene rings is 2. The molecule has 0 aromatic heterocycles. The van der Waals surface area contributed by atoms with Gasteiger partial charge in [0.2, 0.25) is 0 Å². The third kappa shape index (κ3) is 2.54. The molecule has 0 heterocycles. The second kappa shape index (κ2) is 6.36. The number of hydrogen-bond donors (Lipinski definition) is 0. The Morgan fingerprint density at radius 2 is 1.41 bits per heavy atom. The Balaban J connectivity index is 2.19. The molecule has 22 heavy (non-hydrogen) atoms. The first kappa shape index (κ1) is 14.8. The normalized spacial score (nSPS) is 14.6. The lowest BCUT2D eigenvalue weighted by Crippen LogP contribution is -2.26. The molecule has 0 fully saturated rings. The lowest BCUT2D eigenvalue weighted by molar-refractivity contribution is 0.650. The van der Waals surface area contributed by atoms with E-state index in [0.717, 1.165) is 6.42 Å². The molecule has 1 aliphatic carbocycles. The molecular formula is C22H24. The van der Waals surface area contributed by atoms with E-state index in [-0.39, 0.29) is 5.41 Å². The molecule has 0 bridgehead atoms. The Hall–Kier alpha value is -2.08. The van der Waals surface area contributed by atoms with E-state index in [0.29, 0.717) is 0 Å². The van der Waals surface area contributed by atoms with Crippen LogP contribution in [0.5, 0.6) is 0 Å². The van der Waals surface area contributed by atoms with Gasteiger partial charge in [0.25, 0.3) is 0 Å². The largest absolute Gasteiger partial charge is 0.0801 e. The van der Waals surface area contributed by atoms with Crippen molar-refractivity contribution in [2.75, 3.05) is 0 Å². The van der Waals surface area contributed by atoms with Crippen LogP contribution in [-0.2, 0) is 5.41 Å². The zero-order chi connectivity index (χ0) is 15.4. The first-order valence-corrected chi connectivity index (χ1v) is 8.27. The summed E-state index contributed by atoms with van der Waals surface area (Å²) in [5, 5.41) is 0. The van der Waals surface area contributed by atoms with Crippen LogP contribution >= 0.6 is 0 Å².